The molecule has 0 fully saturated rings. The highest BCUT2D eigenvalue weighted by molar-refractivity contribution is 6.18. The number of alkyl halides is 1. The van der Waals surface area contributed by atoms with Gasteiger partial charge >= 0.3 is 6.03 Å². The first-order valence-corrected chi connectivity index (χ1v) is 4.90. The van der Waals surface area contributed by atoms with Crippen molar-refractivity contribution in [3.63, 3.8) is 0 Å². The van der Waals surface area contributed by atoms with Crippen LogP contribution >= 0.6 is 11.6 Å². The zero-order valence-electron chi connectivity index (χ0n) is 7.96. The fraction of sp³-hybridized carbons (Fsp3) is 0.200. The summed E-state index contributed by atoms with van der Waals surface area (Å²) in [7, 11) is 0. The number of hydrogen-bond acceptors (Lipinski definition) is 2. The maximum atomic E-state index is 11.2. The predicted molar refractivity (Wildman–Crippen MR) is 58.9 cm³/mol. The van der Waals surface area contributed by atoms with Crippen LogP contribution < -0.4 is 10.6 Å². The number of amides is 2. The van der Waals surface area contributed by atoms with Crippen molar-refractivity contribution >= 4 is 23.3 Å². The molecule has 15 heavy (non-hydrogen) atoms. The second kappa shape index (κ2) is 5.89. The van der Waals surface area contributed by atoms with Gasteiger partial charge in [-0.2, -0.15) is 5.26 Å². The van der Waals surface area contributed by atoms with Crippen molar-refractivity contribution in [1.29, 1.82) is 5.26 Å². The van der Waals surface area contributed by atoms with Crippen LogP contribution in [-0.4, -0.2) is 18.5 Å². The lowest BCUT2D eigenvalue weighted by Gasteiger charge is -2.05. The van der Waals surface area contributed by atoms with E-state index in [4.69, 9.17) is 16.9 Å². The number of benzene rings is 1. The normalized spacial score (nSPS) is 9.07. The zero-order valence-corrected chi connectivity index (χ0v) is 8.71. The standard InChI is InChI=1S/C10H10ClN3O/c11-5-6-13-10(15)14-9-3-1-8(7-12)2-4-9/h1-4H,5-6H2,(H2,13,14,15). The third-order valence-corrected chi connectivity index (χ3v) is 1.84. The van der Waals surface area contributed by atoms with E-state index in [2.05, 4.69) is 10.6 Å². The first-order chi connectivity index (χ1) is 7.26. The number of carbonyl (C=O) groups excluding carboxylic acids is 1. The Morgan fingerprint density at radius 1 is 1.40 bits per heavy atom. The summed E-state index contributed by atoms with van der Waals surface area (Å²) in [6.45, 7) is 0.420. The van der Waals surface area contributed by atoms with Crippen LogP contribution in [0.2, 0.25) is 0 Å². The molecule has 1 aromatic carbocycles. The average molecular weight is 224 g/mol. The summed E-state index contributed by atoms with van der Waals surface area (Å²) in [6, 6.07) is 8.29. The Hall–Kier alpha value is -1.73. The largest absolute Gasteiger partial charge is 0.337 e. The zero-order chi connectivity index (χ0) is 11.1. The second-order valence-corrected chi connectivity index (χ2v) is 3.14. The third kappa shape index (κ3) is 3.88. The molecule has 2 N–H and O–H groups in total. The van der Waals surface area contributed by atoms with E-state index < -0.39 is 0 Å². The van der Waals surface area contributed by atoms with Crippen molar-refractivity contribution in [2.75, 3.05) is 17.7 Å². The fourth-order valence-electron chi connectivity index (χ4n) is 0.964. The second-order valence-electron chi connectivity index (χ2n) is 2.76. The van der Waals surface area contributed by atoms with Crippen LogP contribution in [0.1, 0.15) is 5.56 Å². The van der Waals surface area contributed by atoms with Gasteiger partial charge in [-0.05, 0) is 24.3 Å². The van der Waals surface area contributed by atoms with Gasteiger partial charge in [-0.15, -0.1) is 11.6 Å². The van der Waals surface area contributed by atoms with E-state index in [1.165, 1.54) is 0 Å². The van der Waals surface area contributed by atoms with Crippen LogP contribution in [-0.2, 0) is 0 Å². The first-order valence-electron chi connectivity index (χ1n) is 4.37. The molecule has 0 unspecified atom stereocenters. The molecule has 1 aromatic rings. The Kier molecular flexibility index (Phi) is 4.45. The fourth-order valence-corrected chi connectivity index (χ4v) is 1.06. The highest BCUT2D eigenvalue weighted by Gasteiger charge is 1.99. The average Bonchev–Trinajstić information content (AvgIpc) is 2.27. The molecule has 0 atom stereocenters. The van der Waals surface area contributed by atoms with Crippen LogP contribution in [0.4, 0.5) is 10.5 Å². The molecule has 0 saturated carbocycles. The first kappa shape index (κ1) is 11.3. The van der Waals surface area contributed by atoms with Gasteiger partial charge in [0.1, 0.15) is 0 Å². The molecular weight excluding hydrogens is 214 g/mol. The molecule has 0 spiro atoms. The van der Waals surface area contributed by atoms with Crippen molar-refractivity contribution in [2.45, 2.75) is 0 Å². The lowest BCUT2D eigenvalue weighted by molar-refractivity contribution is 0.252. The number of halogens is 1. The van der Waals surface area contributed by atoms with Gasteiger partial charge in [0, 0.05) is 18.1 Å². The van der Waals surface area contributed by atoms with Gasteiger partial charge in [0.25, 0.3) is 0 Å². The van der Waals surface area contributed by atoms with E-state index in [0.717, 1.165) is 0 Å². The van der Waals surface area contributed by atoms with Gasteiger partial charge in [0.2, 0.25) is 0 Å². The third-order valence-electron chi connectivity index (χ3n) is 1.65. The minimum atomic E-state index is -0.305. The molecule has 78 valence electrons. The van der Waals surface area contributed by atoms with Crippen LogP contribution in [0.25, 0.3) is 0 Å². The summed E-state index contributed by atoms with van der Waals surface area (Å²) in [5.41, 5.74) is 1.20. The number of rotatable bonds is 3. The van der Waals surface area contributed by atoms with Gasteiger partial charge in [-0.1, -0.05) is 0 Å². The Labute approximate surface area is 92.8 Å². The SMILES string of the molecule is N#Cc1ccc(NC(=O)NCCCl)cc1. The molecule has 0 bridgehead atoms. The maximum Gasteiger partial charge on any atom is 0.319 e. The number of nitrogens with zero attached hydrogens (tertiary/aromatic N) is 1. The number of nitriles is 1. The van der Waals surface area contributed by atoms with Gasteiger partial charge in [-0.25, -0.2) is 4.79 Å². The molecule has 5 heteroatoms. The smallest absolute Gasteiger partial charge is 0.319 e. The summed E-state index contributed by atoms with van der Waals surface area (Å²) in [4.78, 5) is 11.2. The molecule has 0 aliphatic carbocycles. The van der Waals surface area contributed by atoms with Crippen LogP contribution in [0, 0.1) is 11.3 Å². The highest BCUT2D eigenvalue weighted by Crippen LogP contribution is 2.08. The number of carbonyl (C=O) groups is 1. The van der Waals surface area contributed by atoms with Crippen molar-refractivity contribution in [2.24, 2.45) is 0 Å². The predicted octanol–water partition coefficient (Wildman–Crippen LogP) is 1.92. The summed E-state index contributed by atoms with van der Waals surface area (Å²) in [6.07, 6.45) is 0. The number of urea groups is 1. The molecule has 4 nitrogen and oxygen atoms in total. The van der Waals surface area contributed by atoms with E-state index in [0.29, 0.717) is 23.7 Å². The Bertz CT molecular complexity index is 369. The maximum absolute atomic E-state index is 11.2. The van der Waals surface area contributed by atoms with E-state index in [1.807, 2.05) is 6.07 Å². The molecule has 0 radical (unpaired) electrons. The monoisotopic (exact) mass is 223 g/mol. The summed E-state index contributed by atoms with van der Waals surface area (Å²) in [5, 5.41) is 13.7. The molecule has 2 amide bonds. The summed E-state index contributed by atoms with van der Waals surface area (Å²) in [5.74, 6) is 0.376. The molecule has 0 heterocycles. The van der Waals surface area contributed by atoms with Crippen LogP contribution in [0.15, 0.2) is 24.3 Å². The molecule has 0 aromatic heterocycles. The van der Waals surface area contributed by atoms with Crippen molar-refractivity contribution in [3.05, 3.63) is 29.8 Å². The van der Waals surface area contributed by atoms with E-state index in [1.54, 1.807) is 24.3 Å². The Morgan fingerprint density at radius 3 is 2.60 bits per heavy atom. The molecule has 0 aliphatic rings. The summed E-state index contributed by atoms with van der Waals surface area (Å²) < 4.78 is 0. The Balaban J connectivity index is 2.50. The summed E-state index contributed by atoms with van der Waals surface area (Å²) >= 11 is 5.41. The molecule has 0 saturated heterocycles. The van der Waals surface area contributed by atoms with Crippen molar-refractivity contribution in [1.82, 2.24) is 5.32 Å². The minimum absolute atomic E-state index is 0.305. The molecule has 0 aliphatic heterocycles. The van der Waals surface area contributed by atoms with Crippen LogP contribution in [0.5, 0.6) is 0 Å². The van der Waals surface area contributed by atoms with Gasteiger partial charge in [0.15, 0.2) is 0 Å². The molecule has 1 rings (SSSR count). The van der Waals surface area contributed by atoms with E-state index in [9.17, 15) is 4.79 Å². The van der Waals surface area contributed by atoms with Gasteiger partial charge < -0.3 is 10.6 Å². The van der Waals surface area contributed by atoms with Gasteiger partial charge in [0.05, 0.1) is 11.6 Å². The molecular formula is C10H10ClN3O. The van der Waals surface area contributed by atoms with Gasteiger partial charge in [-0.3, -0.25) is 0 Å². The van der Waals surface area contributed by atoms with Crippen molar-refractivity contribution in [3.8, 4) is 6.07 Å². The minimum Gasteiger partial charge on any atom is -0.337 e. The number of anilines is 1. The highest BCUT2D eigenvalue weighted by atomic mass is 35.5. The topological polar surface area (TPSA) is 64.9 Å². The van der Waals surface area contributed by atoms with E-state index in [-0.39, 0.29) is 6.03 Å². The quantitative estimate of drug-likeness (QED) is 0.769. The van der Waals surface area contributed by atoms with Crippen molar-refractivity contribution < 1.29 is 4.79 Å². The lowest BCUT2D eigenvalue weighted by Crippen LogP contribution is -2.30. The lowest BCUT2D eigenvalue weighted by atomic mass is 10.2. The number of nitrogens with one attached hydrogen (secondary N) is 2. The van der Waals surface area contributed by atoms with Crippen LogP contribution in [0.3, 0.4) is 0 Å². The van der Waals surface area contributed by atoms with E-state index >= 15 is 0 Å². The Morgan fingerprint density at radius 2 is 2.07 bits per heavy atom. The number of hydrogen-bond donors (Lipinski definition) is 2.